The van der Waals surface area contributed by atoms with E-state index < -0.39 is 5.41 Å². The van der Waals surface area contributed by atoms with Crippen molar-refractivity contribution in [3.8, 4) is 5.75 Å². The topological polar surface area (TPSA) is 64.6 Å². The predicted molar refractivity (Wildman–Crippen MR) is 110 cm³/mol. The molecule has 5 nitrogen and oxygen atoms in total. The van der Waals surface area contributed by atoms with Crippen molar-refractivity contribution in [1.29, 1.82) is 0 Å². The van der Waals surface area contributed by atoms with Crippen LogP contribution in [0.25, 0.3) is 0 Å². The van der Waals surface area contributed by atoms with E-state index in [0.29, 0.717) is 24.3 Å². The zero-order valence-electron chi connectivity index (χ0n) is 16.7. The molecular formula is C24H25NO4. The Balaban J connectivity index is 1.61. The fourth-order valence-electron chi connectivity index (χ4n) is 4.63. The molecule has 150 valence electrons. The van der Waals surface area contributed by atoms with Gasteiger partial charge in [0, 0.05) is 12.0 Å². The van der Waals surface area contributed by atoms with Gasteiger partial charge in [-0.1, -0.05) is 54.1 Å². The van der Waals surface area contributed by atoms with Gasteiger partial charge in [-0.15, -0.1) is 0 Å². The van der Waals surface area contributed by atoms with Gasteiger partial charge in [0.25, 0.3) is 5.91 Å². The lowest BCUT2D eigenvalue weighted by molar-refractivity contribution is -0.147. The van der Waals surface area contributed by atoms with Gasteiger partial charge in [0.15, 0.2) is 0 Å². The van der Waals surface area contributed by atoms with Gasteiger partial charge in [-0.25, -0.2) is 0 Å². The normalized spacial score (nSPS) is 24.7. The molecule has 0 spiro atoms. The number of methoxy groups -OCH3 is 2. The molecular weight excluding hydrogens is 366 g/mol. The van der Waals surface area contributed by atoms with Crippen LogP contribution in [0.3, 0.4) is 0 Å². The maximum Gasteiger partial charge on any atom is 0.319 e. The van der Waals surface area contributed by atoms with Crippen molar-refractivity contribution < 1.29 is 19.1 Å². The minimum Gasteiger partial charge on any atom is -0.496 e. The Kier molecular flexibility index (Phi) is 4.91. The van der Waals surface area contributed by atoms with Crippen LogP contribution in [0.2, 0.25) is 0 Å². The molecule has 0 radical (unpaired) electrons. The van der Waals surface area contributed by atoms with Gasteiger partial charge in [0.2, 0.25) is 0 Å². The summed E-state index contributed by atoms with van der Waals surface area (Å²) in [6.07, 6.45) is 4.34. The third kappa shape index (κ3) is 3.31. The highest BCUT2D eigenvalue weighted by atomic mass is 16.5. The minimum absolute atomic E-state index is 0.181. The molecule has 2 unspecified atom stereocenters. The number of ether oxygens (including phenoxy) is 2. The summed E-state index contributed by atoms with van der Waals surface area (Å²) in [6.45, 7) is 0.438. The minimum atomic E-state index is -0.613. The summed E-state index contributed by atoms with van der Waals surface area (Å²) in [5.74, 6) is 0.155. The highest BCUT2D eigenvalue weighted by Gasteiger charge is 2.59. The van der Waals surface area contributed by atoms with Crippen molar-refractivity contribution in [3.05, 3.63) is 77.4 Å². The molecule has 29 heavy (non-hydrogen) atoms. The largest absolute Gasteiger partial charge is 0.496 e. The second kappa shape index (κ2) is 7.39. The van der Waals surface area contributed by atoms with E-state index in [1.165, 1.54) is 7.11 Å². The van der Waals surface area contributed by atoms with Crippen molar-refractivity contribution in [2.45, 2.75) is 24.7 Å². The smallest absolute Gasteiger partial charge is 0.319 e. The van der Waals surface area contributed by atoms with Crippen LogP contribution in [0.4, 0.5) is 0 Å². The molecule has 1 fully saturated rings. The number of carbonyl (C=O) groups is 2. The van der Waals surface area contributed by atoms with Crippen LogP contribution < -0.4 is 10.1 Å². The molecule has 2 atom stereocenters. The number of amides is 1. The van der Waals surface area contributed by atoms with E-state index in [0.717, 1.165) is 24.0 Å². The molecule has 0 aromatic heterocycles. The first-order valence-corrected chi connectivity index (χ1v) is 9.82. The highest BCUT2D eigenvalue weighted by Crippen LogP contribution is 2.60. The maximum absolute atomic E-state index is 12.9. The summed E-state index contributed by atoms with van der Waals surface area (Å²) >= 11 is 0. The summed E-state index contributed by atoms with van der Waals surface area (Å²) in [5.41, 5.74) is 1.83. The average Bonchev–Trinajstić information content (AvgIpc) is 3.52. The molecule has 0 bridgehead atoms. The number of hydrogen-bond donors (Lipinski definition) is 1. The van der Waals surface area contributed by atoms with Gasteiger partial charge >= 0.3 is 5.97 Å². The maximum atomic E-state index is 12.9. The molecule has 1 saturated carbocycles. The number of fused-ring (bicyclic) bond motifs is 1. The Bertz CT molecular complexity index is 968. The summed E-state index contributed by atoms with van der Waals surface area (Å²) < 4.78 is 10.4. The van der Waals surface area contributed by atoms with E-state index in [2.05, 4.69) is 17.4 Å². The van der Waals surface area contributed by atoms with E-state index in [9.17, 15) is 9.59 Å². The van der Waals surface area contributed by atoms with Crippen molar-refractivity contribution in [3.63, 3.8) is 0 Å². The summed E-state index contributed by atoms with van der Waals surface area (Å²) in [5, 5.41) is 3.10. The van der Waals surface area contributed by atoms with Crippen molar-refractivity contribution in [1.82, 2.24) is 5.32 Å². The molecule has 1 N–H and O–H groups in total. The first-order chi connectivity index (χ1) is 14.0. The summed E-state index contributed by atoms with van der Waals surface area (Å²) in [7, 11) is 2.99. The second-order valence-corrected chi connectivity index (χ2v) is 7.84. The number of rotatable bonds is 6. The SMILES string of the molecule is COC(=O)C12C=C1CCC(CNC(=O)c1ccccc1OC)(c1ccccc1)C2. The van der Waals surface area contributed by atoms with Crippen LogP contribution in [-0.2, 0) is 14.9 Å². The van der Waals surface area contributed by atoms with Crippen molar-refractivity contribution in [2.24, 2.45) is 5.41 Å². The Morgan fingerprint density at radius 1 is 1.03 bits per heavy atom. The third-order valence-corrected chi connectivity index (χ3v) is 6.28. The number of nitrogens with one attached hydrogen (secondary N) is 1. The van der Waals surface area contributed by atoms with Crippen molar-refractivity contribution >= 4 is 11.9 Å². The van der Waals surface area contributed by atoms with E-state index in [1.54, 1.807) is 19.2 Å². The van der Waals surface area contributed by atoms with Gasteiger partial charge in [0.05, 0.1) is 19.8 Å². The fraction of sp³-hybridized carbons (Fsp3) is 0.333. The van der Waals surface area contributed by atoms with Crippen LogP contribution in [0, 0.1) is 5.41 Å². The molecule has 2 aliphatic carbocycles. The lowest BCUT2D eigenvalue weighted by Crippen LogP contribution is -2.46. The number of benzene rings is 2. The quantitative estimate of drug-likeness (QED) is 0.603. The van der Waals surface area contributed by atoms with Gasteiger partial charge in [-0.2, -0.15) is 0 Å². The summed E-state index contributed by atoms with van der Waals surface area (Å²) in [4.78, 5) is 25.4. The molecule has 2 aromatic rings. The lowest BCUT2D eigenvalue weighted by Gasteiger charge is -2.41. The Morgan fingerprint density at radius 3 is 2.48 bits per heavy atom. The van der Waals surface area contributed by atoms with Gasteiger partial charge in [0.1, 0.15) is 11.2 Å². The number of hydrogen-bond acceptors (Lipinski definition) is 4. The fourth-order valence-corrected chi connectivity index (χ4v) is 4.63. The Hall–Kier alpha value is -3.08. The molecule has 2 aromatic carbocycles. The van der Waals surface area contributed by atoms with Gasteiger partial charge in [-0.05, 0) is 37.0 Å². The first kappa shape index (κ1) is 19.2. The summed E-state index contributed by atoms with van der Waals surface area (Å²) in [6, 6.07) is 17.3. The van der Waals surface area contributed by atoms with Gasteiger partial charge in [-0.3, -0.25) is 9.59 Å². The van der Waals surface area contributed by atoms with Crippen molar-refractivity contribution in [2.75, 3.05) is 20.8 Å². The number of esters is 1. The predicted octanol–water partition coefficient (Wildman–Crippen LogP) is 3.65. The van der Waals surface area contributed by atoms with Gasteiger partial charge < -0.3 is 14.8 Å². The van der Waals surface area contributed by atoms with E-state index in [-0.39, 0.29) is 17.3 Å². The molecule has 4 rings (SSSR count). The van der Waals surface area contributed by atoms with E-state index in [4.69, 9.17) is 9.47 Å². The first-order valence-electron chi connectivity index (χ1n) is 9.82. The highest BCUT2D eigenvalue weighted by molar-refractivity contribution is 5.97. The zero-order valence-corrected chi connectivity index (χ0v) is 16.7. The van der Waals surface area contributed by atoms with Crippen LogP contribution in [0.1, 0.15) is 35.2 Å². The Labute approximate surface area is 170 Å². The van der Waals surface area contributed by atoms with E-state index in [1.807, 2.05) is 36.4 Å². The van der Waals surface area contributed by atoms with E-state index >= 15 is 0 Å². The van der Waals surface area contributed by atoms with Crippen LogP contribution >= 0.6 is 0 Å². The molecule has 1 amide bonds. The molecule has 0 saturated heterocycles. The monoisotopic (exact) mass is 391 g/mol. The molecule has 0 heterocycles. The van der Waals surface area contributed by atoms with Crippen LogP contribution in [0.15, 0.2) is 66.2 Å². The third-order valence-electron chi connectivity index (χ3n) is 6.28. The molecule has 0 aliphatic heterocycles. The average molecular weight is 391 g/mol. The number of carbonyl (C=O) groups excluding carboxylic acids is 2. The lowest BCUT2D eigenvalue weighted by atomic mass is 9.64. The zero-order chi connectivity index (χ0) is 20.5. The Morgan fingerprint density at radius 2 is 1.76 bits per heavy atom. The molecule has 2 aliphatic rings. The number of para-hydroxylation sites is 1. The molecule has 5 heteroatoms. The van der Waals surface area contributed by atoms with Crippen LogP contribution in [0.5, 0.6) is 5.75 Å². The standard InChI is InChI=1S/C24H25NO4/c1-28-20-11-7-6-10-19(20)21(26)25-16-23(17-8-4-3-5-9-17)13-12-18-14-24(18,15-23)22(27)29-2/h3-11,14H,12-13,15-16H2,1-2H3,(H,25,26). The second-order valence-electron chi connectivity index (χ2n) is 7.84. The van der Waals surface area contributed by atoms with Crippen LogP contribution in [-0.4, -0.2) is 32.6 Å².